The Labute approximate surface area is 134 Å². The van der Waals surface area contributed by atoms with Crippen LogP contribution in [0.4, 0.5) is 11.4 Å². The molecule has 5 nitrogen and oxygen atoms in total. The third-order valence-corrected chi connectivity index (χ3v) is 3.35. The molecule has 0 spiro atoms. The van der Waals surface area contributed by atoms with E-state index in [-0.39, 0.29) is 11.6 Å². The molecule has 118 valence electrons. The van der Waals surface area contributed by atoms with Gasteiger partial charge in [-0.25, -0.2) is 0 Å². The van der Waals surface area contributed by atoms with Crippen molar-refractivity contribution in [2.45, 2.75) is 19.8 Å². The molecule has 1 amide bonds. The zero-order valence-corrected chi connectivity index (χ0v) is 13.0. The van der Waals surface area contributed by atoms with E-state index in [0.717, 1.165) is 0 Å². The highest BCUT2D eigenvalue weighted by atomic mass is 16.6. The Morgan fingerprint density at radius 1 is 1.17 bits per heavy atom. The van der Waals surface area contributed by atoms with Gasteiger partial charge in [0.1, 0.15) is 0 Å². The summed E-state index contributed by atoms with van der Waals surface area (Å²) in [6.45, 7) is 4.21. The van der Waals surface area contributed by atoms with Crippen LogP contribution in [0.15, 0.2) is 54.6 Å². The van der Waals surface area contributed by atoms with Gasteiger partial charge in [-0.15, -0.1) is 0 Å². The van der Waals surface area contributed by atoms with Crippen molar-refractivity contribution in [2.24, 2.45) is 0 Å². The van der Waals surface area contributed by atoms with Gasteiger partial charge < -0.3 is 5.32 Å². The predicted molar refractivity (Wildman–Crippen MR) is 91.3 cm³/mol. The van der Waals surface area contributed by atoms with E-state index in [2.05, 4.69) is 19.2 Å². The number of benzene rings is 2. The highest BCUT2D eigenvalue weighted by Gasteiger charge is 2.04. The van der Waals surface area contributed by atoms with Gasteiger partial charge in [-0.3, -0.25) is 14.9 Å². The molecule has 0 unspecified atom stereocenters. The molecule has 0 atom stereocenters. The van der Waals surface area contributed by atoms with Crippen molar-refractivity contribution in [2.75, 3.05) is 5.32 Å². The van der Waals surface area contributed by atoms with Crippen LogP contribution < -0.4 is 5.32 Å². The first kappa shape index (κ1) is 16.4. The molecule has 2 aromatic rings. The fourth-order valence-electron chi connectivity index (χ4n) is 2.05. The van der Waals surface area contributed by atoms with Crippen molar-refractivity contribution in [3.05, 3.63) is 75.8 Å². The average molecular weight is 310 g/mol. The topological polar surface area (TPSA) is 72.2 Å². The first-order chi connectivity index (χ1) is 11.0. The zero-order chi connectivity index (χ0) is 16.8. The molecule has 0 aliphatic rings. The largest absolute Gasteiger partial charge is 0.323 e. The van der Waals surface area contributed by atoms with Crippen LogP contribution in [0.2, 0.25) is 0 Å². The average Bonchev–Trinajstić information content (AvgIpc) is 2.53. The number of nitrogens with zero attached hydrogens (tertiary/aromatic N) is 1. The van der Waals surface area contributed by atoms with Gasteiger partial charge in [0.2, 0.25) is 5.91 Å². The van der Waals surface area contributed by atoms with Crippen LogP contribution >= 0.6 is 0 Å². The van der Waals surface area contributed by atoms with Crippen molar-refractivity contribution in [1.82, 2.24) is 0 Å². The Kier molecular flexibility index (Phi) is 5.25. The van der Waals surface area contributed by atoms with Crippen molar-refractivity contribution < 1.29 is 9.72 Å². The van der Waals surface area contributed by atoms with Gasteiger partial charge in [0, 0.05) is 23.9 Å². The van der Waals surface area contributed by atoms with Crippen LogP contribution in [0.1, 0.15) is 30.9 Å². The lowest BCUT2D eigenvalue weighted by molar-refractivity contribution is -0.384. The predicted octanol–water partition coefficient (Wildman–Crippen LogP) is 4.37. The van der Waals surface area contributed by atoms with Crippen LogP contribution in [0.3, 0.4) is 0 Å². The molecule has 0 aliphatic heterocycles. The molecule has 23 heavy (non-hydrogen) atoms. The molecule has 0 aromatic heterocycles. The molecule has 0 heterocycles. The summed E-state index contributed by atoms with van der Waals surface area (Å²) in [5, 5.41) is 13.5. The molecular formula is C18H18N2O3. The minimum absolute atomic E-state index is 0.00293. The lowest BCUT2D eigenvalue weighted by Gasteiger charge is -2.07. The fraction of sp³-hybridized carbons (Fsp3) is 0.167. The lowest BCUT2D eigenvalue weighted by Crippen LogP contribution is -2.07. The van der Waals surface area contributed by atoms with E-state index in [1.165, 1.54) is 23.8 Å². The molecule has 0 radical (unpaired) electrons. The van der Waals surface area contributed by atoms with E-state index < -0.39 is 4.92 Å². The number of rotatable bonds is 5. The van der Waals surface area contributed by atoms with E-state index in [4.69, 9.17) is 0 Å². The zero-order valence-electron chi connectivity index (χ0n) is 13.0. The first-order valence-electron chi connectivity index (χ1n) is 7.29. The first-order valence-corrected chi connectivity index (χ1v) is 7.29. The van der Waals surface area contributed by atoms with Crippen molar-refractivity contribution in [1.29, 1.82) is 0 Å². The minimum Gasteiger partial charge on any atom is -0.323 e. The van der Waals surface area contributed by atoms with Crippen LogP contribution in [0.25, 0.3) is 6.08 Å². The Balaban J connectivity index is 2.01. The van der Waals surface area contributed by atoms with Gasteiger partial charge >= 0.3 is 0 Å². The summed E-state index contributed by atoms with van der Waals surface area (Å²) in [5.41, 5.74) is 2.51. The third-order valence-electron chi connectivity index (χ3n) is 3.35. The molecule has 0 aliphatic carbocycles. The van der Waals surface area contributed by atoms with Crippen molar-refractivity contribution in [3.63, 3.8) is 0 Å². The van der Waals surface area contributed by atoms with Crippen LogP contribution in [0.5, 0.6) is 0 Å². The molecule has 0 fully saturated rings. The quantitative estimate of drug-likeness (QED) is 0.506. The summed E-state index contributed by atoms with van der Waals surface area (Å²) < 4.78 is 0. The molecule has 2 aromatic carbocycles. The molecule has 0 bridgehead atoms. The number of nitro benzene ring substituents is 1. The second-order valence-corrected chi connectivity index (χ2v) is 5.45. The van der Waals surface area contributed by atoms with Crippen LogP contribution in [-0.2, 0) is 4.79 Å². The number of non-ortho nitro benzene ring substituents is 1. The van der Waals surface area contributed by atoms with E-state index in [0.29, 0.717) is 17.2 Å². The summed E-state index contributed by atoms with van der Waals surface area (Å²) in [5.74, 6) is 0.155. The van der Waals surface area contributed by atoms with Crippen molar-refractivity contribution >= 4 is 23.4 Å². The number of hydrogen-bond acceptors (Lipinski definition) is 3. The smallest absolute Gasteiger partial charge is 0.270 e. The molecule has 2 rings (SSSR count). The Hall–Kier alpha value is -2.95. The van der Waals surface area contributed by atoms with Gasteiger partial charge in [-0.2, -0.15) is 0 Å². The monoisotopic (exact) mass is 310 g/mol. The second kappa shape index (κ2) is 7.35. The van der Waals surface area contributed by atoms with Crippen molar-refractivity contribution in [3.8, 4) is 0 Å². The van der Waals surface area contributed by atoms with Crippen LogP contribution in [-0.4, -0.2) is 10.8 Å². The maximum atomic E-state index is 11.9. The number of amides is 1. The molecule has 1 N–H and O–H groups in total. The van der Waals surface area contributed by atoms with Crippen LogP contribution in [0, 0.1) is 10.1 Å². The molecule has 0 saturated heterocycles. The standard InChI is InChI=1S/C18H18N2O3/c1-13(2)15-7-9-16(10-8-15)19-18(21)11-6-14-4-3-5-17(12-14)20(22)23/h3-13H,1-2H3,(H,19,21). The maximum absolute atomic E-state index is 11.9. The number of hydrogen-bond donors (Lipinski definition) is 1. The molecule has 0 saturated carbocycles. The number of carbonyl (C=O) groups is 1. The van der Waals surface area contributed by atoms with E-state index in [1.54, 1.807) is 18.2 Å². The molecular weight excluding hydrogens is 292 g/mol. The van der Waals surface area contributed by atoms with Gasteiger partial charge in [0.15, 0.2) is 0 Å². The maximum Gasteiger partial charge on any atom is 0.270 e. The Morgan fingerprint density at radius 3 is 2.48 bits per heavy atom. The minimum atomic E-state index is -0.465. The summed E-state index contributed by atoms with van der Waals surface area (Å²) >= 11 is 0. The summed E-state index contributed by atoms with van der Waals surface area (Å²) in [7, 11) is 0. The number of carbonyl (C=O) groups excluding carboxylic acids is 1. The number of nitro groups is 1. The normalized spacial score (nSPS) is 10.9. The van der Waals surface area contributed by atoms with E-state index in [1.807, 2.05) is 24.3 Å². The number of nitrogens with one attached hydrogen (secondary N) is 1. The third kappa shape index (κ3) is 4.78. The Bertz CT molecular complexity index is 734. The van der Waals surface area contributed by atoms with Gasteiger partial charge in [-0.05, 0) is 35.3 Å². The fourth-order valence-corrected chi connectivity index (χ4v) is 2.05. The Morgan fingerprint density at radius 2 is 1.87 bits per heavy atom. The SMILES string of the molecule is CC(C)c1ccc(NC(=O)C=Cc2cccc([N+](=O)[O-])c2)cc1. The summed E-state index contributed by atoms with van der Waals surface area (Å²) in [6.07, 6.45) is 2.90. The van der Waals surface area contributed by atoms with E-state index >= 15 is 0 Å². The molecule has 5 heteroatoms. The number of anilines is 1. The highest BCUT2D eigenvalue weighted by molar-refractivity contribution is 6.01. The lowest BCUT2D eigenvalue weighted by atomic mass is 10.0. The highest BCUT2D eigenvalue weighted by Crippen LogP contribution is 2.17. The van der Waals surface area contributed by atoms with Gasteiger partial charge in [-0.1, -0.05) is 38.1 Å². The van der Waals surface area contributed by atoms with Gasteiger partial charge in [0.05, 0.1) is 4.92 Å². The van der Waals surface area contributed by atoms with E-state index in [9.17, 15) is 14.9 Å². The summed E-state index contributed by atoms with van der Waals surface area (Å²) in [6, 6.07) is 13.8. The second-order valence-electron chi connectivity index (χ2n) is 5.45. The van der Waals surface area contributed by atoms with Gasteiger partial charge in [0.25, 0.3) is 5.69 Å². The summed E-state index contributed by atoms with van der Waals surface area (Å²) in [4.78, 5) is 22.1.